The molecule has 0 saturated carbocycles. The summed E-state index contributed by atoms with van der Waals surface area (Å²) in [5, 5.41) is 9.28. The van der Waals surface area contributed by atoms with Crippen LogP contribution in [0.4, 0.5) is 0 Å². The molecule has 1 atom stereocenters. The average molecular weight is 133 g/mol. The van der Waals surface area contributed by atoms with Crippen molar-refractivity contribution in [2.75, 3.05) is 5.88 Å². The predicted octanol–water partition coefficient (Wildman–Crippen LogP) is 1.31. The monoisotopic (exact) mass is 132 g/mol. The molecule has 0 heterocycles. The number of hydrogen-bond donors (Lipinski definition) is 1. The van der Waals surface area contributed by atoms with Gasteiger partial charge in [-0.2, -0.15) is 0 Å². The third kappa shape index (κ3) is 1.04. The van der Waals surface area contributed by atoms with Crippen molar-refractivity contribution in [3.05, 3.63) is 12.2 Å². The minimum absolute atomic E-state index is 0.323. The molecule has 8 heavy (non-hydrogen) atoms. The van der Waals surface area contributed by atoms with Gasteiger partial charge in [0.25, 0.3) is 0 Å². The average Bonchev–Trinajstić information content (AvgIpc) is 2.17. The van der Waals surface area contributed by atoms with Gasteiger partial charge in [-0.1, -0.05) is 12.2 Å². The molecule has 0 amide bonds. The van der Waals surface area contributed by atoms with Crippen LogP contribution < -0.4 is 0 Å². The van der Waals surface area contributed by atoms with Crippen molar-refractivity contribution < 1.29 is 5.11 Å². The lowest BCUT2D eigenvalue weighted by Crippen LogP contribution is -2.24. The Morgan fingerprint density at radius 1 is 1.75 bits per heavy atom. The van der Waals surface area contributed by atoms with Gasteiger partial charge in [-0.15, -0.1) is 11.6 Å². The SMILES string of the molecule is OC1(CCl)C=CCC1. The van der Waals surface area contributed by atoms with Crippen LogP contribution in [0.25, 0.3) is 0 Å². The zero-order valence-electron chi connectivity index (χ0n) is 4.60. The summed E-state index contributed by atoms with van der Waals surface area (Å²) in [7, 11) is 0. The van der Waals surface area contributed by atoms with Gasteiger partial charge < -0.3 is 5.11 Å². The van der Waals surface area contributed by atoms with Gasteiger partial charge in [-0.25, -0.2) is 0 Å². The molecule has 46 valence electrons. The molecule has 0 bridgehead atoms. The fourth-order valence-corrected chi connectivity index (χ4v) is 1.05. The van der Waals surface area contributed by atoms with Gasteiger partial charge in [0.1, 0.15) is 0 Å². The van der Waals surface area contributed by atoms with Crippen molar-refractivity contribution in [2.45, 2.75) is 18.4 Å². The van der Waals surface area contributed by atoms with E-state index >= 15 is 0 Å². The molecule has 0 saturated heterocycles. The molecule has 1 N–H and O–H groups in total. The largest absolute Gasteiger partial charge is 0.385 e. The van der Waals surface area contributed by atoms with E-state index < -0.39 is 5.60 Å². The van der Waals surface area contributed by atoms with Gasteiger partial charge in [0.2, 0.25) is 0 Å². The summed E-state index contributed by atoms with van der Waals surface area (Å²) >= 11 is 5.45. The smallest absolute Gasteiger partial charge is 0.0965 e. The molecule has 1 unspecified atom stereocenters. The van der Waals surface area contributed by atoms with E-state index in [0.717, 1.165) is 12.8 Å². The Balaban J connectivity index is 2.54. The zero-order chi connectivity index (χ0) is 6.04. The molecular formula is C6H9ClO. The second-order valence-corrected chi connectivity index (χ2v) is 2.45. The number of halogens is 1. The number of alkyl halides is 1. The van der Waals surface area contributed by atoms with E-state index in [9.17, 15) is 5.11 Å². The summed E-state index contributed by atoms with van der Waals surface area (Å²) in [5.74, 6) is 0.323. The van der Waals surface area contributed by atoms with Crippen LogP contribution in [0, 0.1) is 0 Å². The van der Waals surface area contributed by atoms with Crippen molar-refractivity contribution in [1.29, 1.82) is 0 Å². The maximum absolute atomic E-state index is 9.28. The number of hydrogen-bond acceptors (Lipinski definition) is 1. The van der Waals surface area contributed by atoms with E-state index in [4.69, 9.17) is 11.6 Å². The standard InChI is InChI=1S/C6H9ClO/c7-5-6(8)3-1-2-4-6/h1,3,8H,2,4-5H2. The van der Waals surface area contributed by atoms with Gasteiger partial charge in [-0.3, -0.25) is 0 Å². The molecule has 0 aromatic rings. The van der Waals surface area contributed by atoms with E-state index in [-0.39, 0.29) is 0 Å². The lowest BCUT2D eigenvalue weighted by molar-refractivity contribution is 0.115. The second-order valence-electron chi connectivity index (χ2n) is 2.18. The maximum atomic E-state index is 9.28. The Morgan fingerprint density at radius 3 is 2.75 bits per heavy atom. The molecule has 1 nitrogen and oxygen atoms in total. The Hall–Kier alpha value is -0.0100. The Labute approximate surface area is 54.0 Å². The van der Waals surface area contributed by atoms with Gasteiger partial charge in [0, 0.05) is 0 Å². The normalized spacial score (nSPS) is 36.2. The zero-order valence-corrected chi connectivity index (χ0v) is 5.36. The van der Waals surface area contributed by atoms with Crippen LogP contribution in [0.3, 0.4) is 0 Å². The van der Waals surface area contributed by atoms with Gasteiger partial charge in [0.05, 0.1) is 11.5 Å². The lowest BCUT2D eigenvalue weighted by atomic mass is 10.1. The van der Waals surface area contributed by atoms with E-state index in [1.54, 1.807) is 6.08 Å². The molecule has 0 fully saturated rings. The van der Waals surface area contributed by atoms with Crippen molar-refractivity contribution in [3.8, 4) is 0 Å². The first-order chi connectivity index (χ1) is 3.77. The molecule has 1 aliphatic carbocycles. The quantitative estimate of drug-likeness (QED) is 0.421. The highest BCUT2D eigenvalue weighted by atomic mass is 35.5. The predicted molar refractivity (Wildman–Crippen MR) is 34.0 cm³/mol. The number of rotatable bonds is 1. The molecule has 0 aromatic carbocycles. The highest BCUT2D eigenvalue weighted by Crippen LogP contribution is 2.22. The Bertz CT molecular complexity index is 111. The number of allylic oxidation sites excluding steroid dienone is 1. The third-order valence-electron chi connectivity index (χ3n) is 1.40. The molecule has 0 spiro atoms. The van der Waals surface area contributed by atoms with Crippen LogP contribution in [-0.2, 0) is 0 Å². The van der Waals surface area contributed by atoms with E-state index in [1.807, 2.05) is 6.08 Å². The van der Waals surface area contributed by atoms with Crippen molar-refractivity contribution in [1.82, 2.24) is 0 Å². The fraction of sp³-hybridized carbons (Fsp3) is 0.667. The van der Waals surface area contributed by atoms with Crippen LogP contribution >= 0.6 is 11.6 Å². The summed E-state index contributed by atoms with van der Waals surface area (Å²) < 4.78 is 0. The molecule has 1 rings (SSSR count). The van der Waals surface area contributed by atoms with Crippen molar-refractivity contribution >= 4 is 11.6 Å². The first kappa shape index (κ1) is 6.12. The van der Waals surface area contributed by atoms with E-state index in [2.05, 4.69) is 0 Å². The molecule has 0 radical (unpaired) electrons. The van der Waals surface area contributed by atoms with Crippen molar-refractivity contribution in [3.63, 3.8) is 0 Å². The van der Waals surface area contributed by atoms with Gasteiger partial charge >= 0.3 is 0 Å². The van der Waals surface area contributed by atoms with Crippen LogP contribution in [0.1, 0.15) is 12.8 Å². The summed E-state index contributed by atoms with van der Waals surface area (Å²) in [6, 6.07) is 0. The topological polar surface area (TPSA) is 20.2 Å². The lowest BCUT2D eigenvalue weighted by Gasteiger charge is -2.14. The van der Waals surface area contributed by atoms with Crippen LogP contribution in [0.5, 0.6) is 0 Å². The molecule has 2 heteroatoms. The minimum Gasteiger partial charge on any atom is -0.385 e. The van der Waals surface area contributed by atoms with Crippen LogP contribution in [0.15, 0.2) is 12.2 Å². The van der Waals surface area contributed by atoms with Crippen molar-refractivity contribution in [2.24, 2.45) is 0 Å². The molecular weight excluding hydrogens is 124 g/mol. The highest BCUT2D eigenvalue weighted by molar-refractivity contribution is 6.18. The van der Waals surface area contributed by atoms with Gasteiger partial charge in [-0.05, 0) is 12.8 Å². The highest BCUT2D eigenvalue weighted by Gasteiger charge is 2.24. The first-order valence-electron chi connectivity index (χ1n) is 2.73. The maximum Gasteiger partial charge on any atom is 0.0965 e. The number of aliphatic hydroxyl groups is 1. The second kappa shape index (κ2) is 2.08. The Kier molecular flexibility index (Phi) is 1.59. The van der Waals surface area contributed by atoms with Crippen LogP contribution in [0.2, 0.25) is 0 Å². The fourth-order valence-electron chi connectivity index (χ4n) is 0.831. The Morgan fingerprint density at radius 2 is 2.50 bits per heavy atom. The molecule has 0 aliphatic heterocycles. The molecule has 0 aromatic heterocycles. The van der Waals surface area contributed by atoms with E-state index in [1.165, 1.54) is 0 Å². The summed E-state index contributed by atoms with van der Waals surface area (Å²) in [5.41, 5.74) is -0.679. The molecule has 1 aliphatic rings. The first-order valence-corrected chi connectivity index (χ1v) is 3.26. The minimum atomic E-state index is -0.679. The van der Waals surface area contributed by atoms with E-state index in [0.29, 0.717) is 5.88 Å². The summed E-state index contributed by atoms with van der Waals surface area (Å²) in [6.07, 6.45) is 5.49. The summed E-state index contributed by atoms with van der Waals surface area (Å²) in [4.78, 5) is 0. The summed E-state index contributed by atoms with van der Waals surface area (Å²) in [6.45, 7) is 0. The van der Waals surface area contributed by atoms with Gasteiger partial charge in [0.15, 0.2) is 0 Å². The third-order valence-corrected chi connectivity index (χ3v) is 1.87. The van der Waals surface area contributed by atoms with Crippen LogP contribution in [-0.4, -0.2) is 16.6 Å².